The van der Waals surface area contributed by atoms with E-state index < -0.39 is 6.17 Å². The summed E-state index contributed by atoms with van der Waals surface area (Å²) in [5.41, 5.74) is 3.02. The van der Waals surface area contributed by atoms with Crippen LogP contribution in [0, 0.1) is 0 Å². The van der Waals surface area contributed by atoms with Gasteiger partial charge in [0, 0.05) is 33.8 Å². The van der Waals surface area contributed by atoms with Crippen molar-refractivity contribution in [3.8, 4) is 5.75 Å². The number of benzene rings is 4. The van der Waals surface area contributed by atoms with Crippen LogP contribution in [0.4, 0.5) is 11.4 Å². The number of nitrogens with zero attached hydrogens (tertiary/aromatic N) is 3. The van der Waals surface area contributed by atoms with Crippen molar-refractivity contribution in [2.24, 2.45) is 5.10 Å². The molecule has 0 radical (unpaired) electrons. The Morgan fingerprint density at radius 1 is 0.789 bits per heavy atom. The molecule has 1 aliphatic rings. The quantitative estimate of drug-likeness (QED) is 0.218. The molecule has 9 heteroatoms. The molecule has 4 aromatic rings. The number of ketones is 1. The summed E-state index contributed by atoms with van der Waals surface area (Å²) < 4.78 is 6.10. The maximum Gasteiger partial charge on any atom is 0.198 e. The molecule has 5 rings (SSSR count). The average molecular weight is 585 g/mol. The number of hydrogen-bond acceptors (Lipinski definition) is 5. The van der Waals surface area contributed by atoms with Gasteiger partial charge in [-0.05, 0) is 54.6 Å². The van der Waals surface area contributed by atoms with E-state index in [-0.39, 0.29) is 18.2 Å². The number of carbonyl (C=O) groups excluding carboxylic acids is 1. The highest BCUT2D eigenvalue weighted by atomic mass is 35.5. The molecule has 1 atom stereocenters. The summed E-state index contributed by atoms with van der Waals surface area (Å²) in [6.45, 7) is 1.68. The maximum absolute atomic E-state index is 12.8. The Morgan fingerprint density at radius 2 is 1.50 bits per heavy atom. The highest BCUT2D eigenvalue weighted by Crippen LogP contribution is 2.41. The molecule has 0 bridgehead atoms. The molecular formula is C29H21Cl4N3O2. The van der Waals surface area contributed by atoms with Crippen molar-refractivity contribution in [1.29, 1.82) is 0 Å². The first-order chi connectivity index (χ1) is 18.3. The lowest BCUT2D eigenvalue weighted by Crippen LogP contribution is -2.37. The second-order valence-electron chi connectivity index (χ2n) is 8.56. The third-order valence-electron chi connectivity index (χ3n) is 6.02. The fraction of sp³-hybridized carbons (Fsp3) is 0.103. The molecule has 0 aromatic heterocycles. The van der Waals surface area contributed by atoms with Crippen LogP contribution in [0.15, 0.2) is 96.1 Å². The SMILES string of the molecule is CC(=O)C1=NN(c2ccccc2)C(c2cccc(OCc3c(Cl)cccc3Cl)c2)N1c1ccc(Cl)c(Cl)c1. The summed E-state index contributed by atoms with van der Waals surface area (Å²) in [7, 11) is 0. The molecule has 1 aliphatic heterocycles. The number of rotatable bonds is 7. The molecule has 5 nitrogen and oxygen atoms in total. The molecule has 0 saturated heterocycles. The summed E-state index contributed by atoms with van der Waals surface area (Å²) in [5, 5.41) is 8.41. The van der Waals surface area contributed by atoms with Crippen molar-refractivity contribution >= 4 is 69.4 Å². The van der Waals surface area contributed by atoms with Crippen molar-refractivity contribution in [1.82, 2.24) is 0 Å². The highest BCUT2D eigenvalue weighted by molar-refractivity contribution is 6.45. The molecule has 0 saturated carbocycles. The van der Waals surface area contributed by atoms with Crippen molar-refractivity contribution in [3.05, 3.63) is 122 Å². The summed E-state index contributed by atoms with van der Waals surface area (Å²) in [5.74, 6) is 0.684. The summed E-state index contributed by atoms with van der Waals surface area (Å²) in [6, 6.07) is 27.8. The van der Waals surface area contributed by atoms with Gasteiger partial charge in [-0.15, -0.1) is 5.10 Å². The summed E-state index contributed by atoms with van der Waals surface area (Å²) >= 11 is 25.2. The number of carbonyl (C=O) groups is 1. The number of ether oxygens (including phenoxy) is 1. The van der Waals surface area contributed by atoms with E-state index in [9.17, 15) is 4.79 Å². The Kier molecular flexibility index (Phi) is 7.82. The molecule has 1 heterocycles. The van der Waals surface area contributed by atoms with Gasteiger partial charge in [-0.3, -0.25) is 9.69 Å². The minimum Gasteiger partial charge on any atom is -0.489 e. The van der Waals surface area contributed by atoms with Crippen LogP contribution in [0.2, 0.25) is 20.1 Å². The zero-order valence-corrected chi connectivity index (χ0v) is 23.1. The van der Waals surface area contributed by atoms with Crippen LogP contribution < -0.4 is 14.6 Å². The smallest absolute Gasteiger partial charge is 0.198 e. The zero-order chi connectivity index (χ0) is 26.8. The van der Waals surface area contributed by atoms with E-state index in [1.165, 1.54) is 6.92 Å². The van der Waals surface area contributed by atoms with Crippen LogP contribution in [-0.2, 0) is 11.4 Å². The summed E-state index contributed by atoms with van der Waals surface area (Å²) in [6.07, 6.45) is -0.513. The Hall–Kier alpha value is -3.22. The van der Waals surface area contributed by atoms with E-state index in [1.807, 2.05) is 70.6 Å². The number of halogens is 4. The molecule has 192 valence electrons. The first kappa shape index (κ1) is 26.4. The maximum atomic E-state index is 12.8. The van der Waals surface area contributed by atoms with Gasteiger partial charge in [0.1, 0.15) is 12.4 Å². The molecule has 4 aromatic carbocycles. The molecule has 0 spiro atoms. The molecule has 0 N–H and O–H groups in total. The lowest BCUT2D eigenvalue weighted by molar-refractivity contribution is -0.111. The van der Waals surface area contributed by atoms with E-state index in [2.05, 4.69) is 0 Å². The van der Waals surface area contributed by atoms with Crippen molar-refractivity contribution in [3.63, 3.8) is 0 Å². The third kappa shape index (κ3) is 5.33. The van der Waals surface area contributed by atoms with Crippen LogP contribution in [0.3, 0.4) is 0 Å². The third-order valence-corrected chi connectivity index (χ3v) is 7.47. The standard InChI is InChI=1S/C29H21Cl4N3O2/c1-18(37)28-34-36(20-8-3-2-4-9-20)29(35(28)21-13-14-26(32)27(33)16-21)19-7-5-10-22(15-19)38-17-23-24(30)11-6-12-25(23)31/h2-16,29H,17H2,1H3. The highest BCUT2D eigenvalue weighted by Gasteiger charge is 2.39. The number of para-hydroxylation sites is 1. The van der Waals surface area contributed by atoms with E-state index in [1.54, 1.807) is 30.3 Å². The number of anilines is 2. The molecule has 1 unspecified atom stereocenters. The lowest BCUT2D eigenvalue weighted by atomic mass is 10.1. The topological polar surface area (TPSA) is 45.1 Å². The van der Waals surface area contributed by atoms with Gasteiger partial charge >= 0.3 is 0 Å². The van der Waals surface area contributed by atoms with Gasteiger partial charge in [-0.2, -0.15) is 0 Å². The van der Waals surface area contributed by atoms with Crippen LogP contribution in [0.25, 0.3) is 0 Å². The van der Waals surface area contributed by atoms with Gasteiger partial charge in [0.05, 0.1) is 15.7 Å². The fourth-order valence-corrected chi connectivity index (χ4v) is 5.03. The van der Waals surface area contributed by atoms with Gasteiger partial charge in [0.15, 0.2) is 17.8 Å². The average Bonchev–Trinajstić information content (AvgIpc) is 3.32. The number of Topliss-reactive ketones (excluding diaryl/α,β-unsaturated/α-hetero) is 1. The Morgan fingerprint density at radius 3 is 2.18 bits per heavy atom. The Labute approximate surface area is 240 Å². The molecule has 0 amide bonds. The van der Waals surface area contributed by atoms with Crippen LogP contribution in [0.5, 0.6) is 5.75 Å². The molecular weight excluding hydrogens is 564 g/mol. The van der Waals surface area contributed by atoms with Gasteiger partial charge in [-0.1, -0.05) is 82.8 Å². The Bertz CT molecular complexity index is 1510. The zero-order valence-electron chi connectivity index (χ0n) is 20.1. The fourth-order valence-electron chi connectivity index (χ4n) is 4.23. The van der Waals surface area contributed by atoms with Gasteiger partial charge in [-0.25, -0.2) is 5.01 Å². The second-order valence-corrected chi connectivity index (χ2v) is 10.2. The number of amidine groups is 1. The Balaban J connectivity index is 1.57. The predicted octanol–water partition coefficient (Wildman–Crippen LogP) is 8.81. The number of hydrazone groups is 1. The molecule has 0 aliphatic carbocycles. The molecule has 38 heavy (non-hydrogen) atoms. The van der Waals surface area contributed by atoms with Crippen LogP contribution in [-0.4, -0.2) is 11.6 Å². The lowest BCUT2D eigenvalue weighted by Gasteiger charge is -2.32. The minimum atomic E-state index is -0.513. The van der Waals surface area contributed by atoms with Crippen LogP contribution >= 0.6 is 46.4 Å². The van der Waals surface area contributed by atoms with Crippen LogP contribution in [0.1, 0.15) is 24.2 Å². The predicted molar refractivity (Wildman–Crippen MR) is 156 cm³/mol. The van der Waals surface area contributed by atoms with E-state index in [4.69, 9.17) is 56.2 Å². The van der Waals surface area contributed by atoms with E-state index in [0.717, 1.165) is 11.3 Å². The van der Waals surface area contributed by atoms with Crippen molar-refractivity contribution in [2.45, 2.75) is 19.7 Å². The van der Waals surface area contributed by atoms with E-state index in [0.29, 0.717) is 37.1 Å². The largest absolute Gasteiger partial charge is 0.489 e. The van der Waals surface area contributed by atoms with Gasteiger partial charge < -0.3 is 4.74 Å². The normalized spacial score (nSPS) is 15.0. The van der Waals surface area contributed by atoms with Gasteiger partial charge in [0.2, 0.25) is 0 Å². The first-order valence-electron chi connectivity index (χ1n) is 11.7. The van der Waals surface area contributed by atoms with Crippen molar-refractivity contribution < 1.29 is 9.53 Å². The van der Waals surface area contributed by atoms with E-state index >= 15 is 0 Å². The first-order valence-corrected chi connectivity index (χ1v) is 13.2. The van der Waals surface area contributed by atoms with Gasteiger partial charge in [0.25, 0.3) is 0 Å². The van der Waals surface area contributed by atoms with Crippen molar-refractivity contribution in [2.75, 3.05) is 9.91 Å². The second kappa shape index (κ2) is 11.3. The minimum absolute atomic E-state index is 0.194. The molecule has 0 fully saturated rings. The number of hydrogen-bond donors (Lipinski definition) is 0. The monoisotopic (exact) mass is 583 g/mol. The summed E-state index contributed by atoms with van der Waals surface area (Å²) in [4.78, 5) is 14.7.